The molecule has 0 radical (unpaired) electrons. The smallest absolute Gasteiger partial charge is 0.250 e. The zero-order valence-electron chi connectivity index (χ0n) is 9.12. The van der Waals surface area contributed by atoms with Gasteiger partial charge < -0.3 is 16.0 Å². The summed E-state index contributed by atoms with van der Waals surface area (Å²) in [6, 6.07) is 5.11. The molecule has 4 N–H and O–H groups in total. The predicted octanol–water partition coefficient (Wildman–Crippen LogP) is 0.647. The van der Waals surface area contributed by atoms with Gasteiger partial charge in [0.15, 0.2) is 5.16 Å². The molecule has 1 amide bonds. The number of rotatable bonds is 3. The topological polar surface area (TPSA) is 99.8 Å². The second-order valence-corrected chi connectivity index (χ2v) is 4.48. The molecule has 1 aromatic heterocycles. The molecule has 1 heterocycles. The Morgan fingerprint density at radius 2 is 2.24 bits per heavy atom. The number of aromatic nitrogens is 3. The average Bonchev–Trinajstić information content (AvgIpc) is 2.67. The van der Waals surface area contributed by atoms with Gasteiger partial charge in [-0.25, -0.2) is 0 Å². The van der Waals surface area contributed by atoms with Crippen LogP contribution in [0.4, 0.5) is 5.69 Å². The number of carbonyl (C=O) groups is 1. The van der Waals surface area contributed by atoms with Gasteiger partial charge in [0.1, 0.15) is 6.33 Å². The van der Waals surface area contributed by atoms with Gasteiger partial charge in [0.2, 0.25) is 0 Å². The van der Waals surface area contributed by atoms with Crippen molar-refractivity contribution in [2.45, 2.75) is 10.1 Å². The molecule has 17 heavy (non-hydrogen) atoms. The van der Waals surface area contributed by atoms with Crippen LogP contribution in [0.15, 0.2) is 34.6 Å². The maximum Gasteiger partial charge on any atom is 0.250 e. The molecule has 0 aliphatic rings. The molecule has 1 aromatic carbocycles. The zero-order chi connectivity index (χ0) is 12.4. The van der Waals surface area contributed by atoms with Crippen molar-refractivity contribution in [1.29, 1.82) is 0 Å². The number of nitrogens with zero attached hydrogens (tertiary/aromatic N) is 3. The lowest BCUT2D eigenvalue weighted by atomic mass is 10.2. The molecule has 6 nitrogen and oxygen atoms in total. The molecule has 0 aliphatic carbocycles. The molecule has 0 saturated heterocycles. The van der Waals surface area contributed by atoms with Crippen LogP contribution in [0.2, 0.25) is 0 Å². The van der Waals surface area contributed by atoms with Crippen molar-refractivity contribution in [2.75, 3.05) is 5.73 Å². The molecule has 7 heteroatoms. The molecular weight excluding hydrogens is 238 g/mol. The summed E-state index contributed by atoms with van der Waals surface area (Å²) >= 11 is 1.39. The Bertz CT molecular complexity index is 566. The molecule has 0 bridgehead atoms. The fourth-order valence-electron chi connectivity index (χ4n) is 1.28. The summed E-state index contributed by atoms with van der Waals surface area (Å²) in [5.41, 5.74) is 11.6. The Morgan fingerprint density at radius 1 is 1.47 bits per heavy atom. The van der Waals surface area contributed by atoms with Gasteiger partial charge in [0, 0.05) is 17.6 Å². The van der Waals surface area contributed by atoms with Crippen molar-refractivity contribution < 1.29 is 4.79 Å². The van der Waals surface area contributed by atoms with Crippen LogP contribution in [-0.2, 0) is 7.05 Å². The molecule has 0 fully saturated rings. The number of amides is 1. The van der Waals surface area contributed by atoms with Crippen molar-refractivity contribution in [3.63, 3.8) is 0 Å². The minimum Gasteiger partial charge on any atom is -0.398 e. The third kappa shape index (κ3) is 2.39. The molecule has 0 spiro atoms. The van der Waals surface area contributed by atoms with Crippen LogP contribution in [0.25, 0.3) is 0 Å². The van der Waals surface area contributed by atoms with E-state index in [0.717, 1.165) is 10.1 Å². The standard InChI is InChI=1S/C10H11N5OS/c1-15-5-13-14-10(15)17-6-2-3-8(11)7(4-6)9(12)16/h2-5H,11H2,1H3,(H2,12,16). The summed E-state index contributed by atoms with van der Waals surface area (Å²) in [5.74, 6) is -0.539. The maximum absolute atomic E-state index is 11.1. The van der Waals surface area contributed by atoms with E-state index in [0.29, 0.717) is 11.3 Å². The zero-order valence-corrected chi connectivity index (χ0v) is 9.94. The van der Waals surface area contributed by atoms with Gasteiger partial charge in [0.25, 0.3) is 5.91 Å². The van der Waals surface area contributed by atoms with E-state index in [1.165, 1.54) is 11.8 Å². The van der Waals surface area contributed by atoms with E-state index >= 15 is 0 Å². The molecule has 0 aliphatic heterocycles. The summed E-state index contributed by atoms with van der Waals surface area (Å²) in [4.78, 5) is 12.0. The van der Waals surface area contributed by atoms with E-state index in [4.69, 9.17) is 11.5 Å². The summed E-state index contributed by atoms with van der Waals surface area (Å²) in [6.07, 6.45) is 1.61. The summed E-state index contributed by atoms with van der Waals surface area (Å²) in [6.45, 7) is 0. The van der Waals surface area contributed by atoms with Gasteiger partial charge in [-0.2, -0.15) is 0 Å². The Hall–Kier alpha value is -2.02. The summed E-state index contributed by atoms with van der Waals surface area (Å²) in [5, 5.41) is 8.43. The largest absolute Gasteiger partial charge is 0.398 e. The third-order valence-corrected chi connectivity index (χ3v) is 3.21. The second kappa shape index (κ2) is 4.46. The molecule has 0 atom stereocenters. The fourth-order valence-corrected chi connectivity index (χ4v) is 2.09. The van der Waals surface area contributed by atoms with Crippen LogP contribution in [-0.4, -0.2) is 20.7 Å². The highest BCUT2D eigenvalue weighted by molar-refractivity contribution is 7.99. The summed E-state index contributed by atoms with van der Waals surface area (Å²) < 4.78 is 1.78. The van der Waals surface area contributed by atoms with E-state index < -0.39 is 5.91 Å². The molecule has 0 saturated carbocycles. The van der Waals surface area contributed by atoms with E-state index in [2.05, 4.69) is 10.2 Å². The Morgan fingerprint density at radius 3 is 2.82 bits per heavy atom. The van der Waals surface area contributed by atoms with Gasteiger partial charge in [-0.05, 0) is 30.0 Å². The van der Waals surface area contributed by atoms with Gasteiger partial charge in [-0.3, -0.25) is 4.79 Å². The highest BCUT2D eigenvalue weighted by Crippen LogP contribution is 2.27. The van der Waals surface area contributed by atoms with Crippen LogP contribution in [0, 0.1) is 0 Å². The minimum atomic E-state index is -0.539. The first-order chi connectivity index (χ1) is 8.08. The van der Waals surface area contributed by atoms with Crippen molar-refractivity contribution in [2.24, 2.45) is 12.8 Å². The number of aryl methyl sites for hydroxylation is 1. The van der Waals surface area contributed by atoms with Crippen LogP contribution in [0.5, 0.6) is 0 Å². The third-order valence-electron chi connectivity index (χ3n) is 2.17. The van der Waals surface area contributed by atoms with Crippen molar-refractivity contribution in [1.82, 2.24) is 14.8 Å². The number of nitrogen functional groups attached to an aromatic ring is 1. The quantitative estimate of drug-likeness (QED) is 0.778. The van der Waals surface area contributed by atoms with Crippen LogP contribution in [0.1, 0.15) is 10.4 Å². The first kappa shape index (κ1) is 11.5. The lowest BCUT2D eigenvalue weighted by molar-refractivity contribution is 0.100. The number of hydrogen-bond acceptors (Lipinski definition) is 5. The van der Waals surface area contributed by atoms with Gasteiger partial charge in [-0.1, -0.05) is 0 Å². The highest BCUT2D eigenvalue weighted by Gasteiger charge is 2.09. The normalized spacial score (nSPS) is 10.4. The Balaban J connectivity index is 2.32. The molecule has 0 unspecified atom stereocenters. The minimum absolute atomic E-state index is 0.317. The van der Waals surface area contributed by atoms with Crippen molar-refractivity contribution in [3.8, 4) is 0 Å². The number of nitrogens with two attached hydrogens (primary N) is 2. The van der Waals surface area contributed by atoms with E-state index in [1.54, 1.807) is 29.1 Å². The first-order valence-corrected chi connectivity index (χ1v) is 5.61. The number of carbonyl (C=O) groups excluding carboxylic acids is 1. The first-order valence-electron chi connectivity index (χ1n) is 4.79. The van der Waals surface area contributed by atoms with E-state index in [1.807, 2.05) is 7.05 Å². The number of benzene rings is 1. The summed E-state index contributed by atoms with van der Waals surface area (Å²) in [7, 11) is 1.84. The van der Waals surface area contributed by atoms with Crippen LogP contribution >= 0.6 is 11.8 Å². The Kier molecular flexibility index (Phi) is 3.01. The lowest BCUT2D eigenvalue weighted by Gasteiger charge is -2.05. The van der Waals surface area contributed by atoms with E-state index in [-0.39, 0.29) is 0 Å². The SMILES string of the molecule is Cn1cnnc1Sc1ccc(N)c(C(N)=O)c1. The van der Waals surface area contributed by atoms with Gasteiger partial charge in [-0.15, -0.1) is 10.2 Å². The van der Waals surface area contributed by atoms with Gasteiger partial charge in [0.05, 0.1) is 5.56 Å². The number of anilines is 1. The Labute approximate surface area is 102 Å². The van der Waals surface area contributed by atoms with Crippen molar-refractivity contribution in [3.05, 3.63) is 30.1 Å². The van der Waals surface area contributed by atoms with Crippen LogP contribution < -0.4 is 11.5 Å². The monoisotopic (exact) mass is 249 g/mol. The lowest BCUT2D eigenvalue weighted by Crippen LogP contribution is -2.13. The predicted molar refractivity (Wildman–Crippen MR) is 64.5 cm³/mol. The second-order valence-electron chi connectivity index (χ2n) is 3.44. The molecule has 2 rings (SSSR count). The molecule has 88 valence electrons. The highest BCUT2D eigenvalue weighted by atomic mass is 32.2. The maximum atomic E-state index is 11.1. The van der Waals surface area contributed by atoms with Crippen LogP contribution in [0.3, 0.4) is 0 Å². The van der Waals surface area contributed by atoms with Gasteiger partial charge >= 0.3 is 0 Å². The van der Waals surface area contributed by atoms with Crippen molar-refractivity contribution >= 4 is 23.4 Å². The fraction of sp³-hybridized carbons (Fsp3) is 0.100. The number of hydrogen-bond donors (Lipinski definition) is 2. The van der Waals surface area contributed by atoms with E-state index in [9.17, 15) is 4.79 Å². The number of primary amides is 1. The molecule has 2 aromatic rings. The average molecular weight is 249 g/mol. The molecular formula is C10H11N5OS.